The minimum absolute atomic E-state index is 0.729. The molecule has 0 bridgehead atoms. The van der Waals surface area contributed by atoms with Crippen LogP contribution in [0, 0.1) is 11.3 Å². The number of hydrogen-bond acceptors (Lipinski definition) is 5. The van der Waals surface area contributed by atoms with E-state index < -0.39 is 0 Å². The van der Waals surface area contributed by atoms with Crippen LogP contribution in [0.15, 0.2) is 23.2 Å². The van der Waals surface area contributed by atoms with Crippen LogP contribution in [0.2, 0.25) is 0 Å². The monoisotopic (exact) mass is 312 g/mol. The second-order valence-corrected chi connectivity index (χ2v) is 6.10. The molecule has 0 atom stereocenters. The fraction of sp³-hybridized carbons (Fsp3) is 0.294. The Kier molecular flexibility index (Phi) is 4.12. The number of aryl methyl sites for hydroxylation is 1. The van der Waals surface area contributed by atoms with Crippen molar-refractivity contribution in [2.75, 3.05) is 14.2 Å². The van der Waals surface area contributed by atoms with Crippen molar-refractivity contribution in [3.8, 4) is 17.6 Å². The summed E-state index contributed by atoms with van der Waals surface area (Å²) in [7, 11) is 3.25. The first kappa shape index (κ1) is 14.6. The SMILES string of the molecule is COc1ccc(OC)c(/C=N/c2sc3c(c2C#N)CCC3)c1. The van der Waals surface area contributed by atoms with E-state index in [4.69, 9.17) is 9.47 Å². The Labute approximate surface area is 133 Å². The van der Waals surface area contributed by atoms with Crippen LogP contribution in [0.5, 0.6) is 11.5 Å². The lowest BCUT2D eigenvalue weighted by Gasteiger charge is -2.06. The van der Waals surface area contributed by atoms with E-state index >= 15 is 0 Å². The highest BCUT2D eigenvalue weighted by molar-refractivity contribution is 7.16. The number of methoxy groups -OCH3 is 2. The average Bonchev–Trinajstić information content (AvgIpc) is 3.12. The predicted octanol–water partition coefficient (Wildman–Crippen LogP) is 3.88. The number of rotatable bonds is 4. The van der Waals surface area contributed by atoms with Crippen molar-refractivity contribution in [2.24, 2.45) is 4.99 Å². The summed E-state index contributed by atoms with van der Waals surface area (Å²) in [5, 5.41) is 10.2. The predicted molar refractivity (Wildman–Crippen MR) is 87.9 cm³/mol. The number of fused-ring (bicyclic) bond motifs is 1. The standard InChI is InChI=1S/C17H16N2O2S/c1-20-12-6-7-15(21-2)11(8-12)10-19-17-14(9-18)13-4-3-5-16(13)22-17/h6-8,10H,3-5H2,1-2H3/b19-10+. The molecular formula is C17H16N2O2S. The number of nitriles is 1. The molecule has 0 unspecified atom stereocenters. The van der Waals surface area contributed by atoms with Gasteiger partial charge < -0.3 is 9.47 Å². The van der Waals surface area contributed by atoms with E-state index in [0.717, 1.165) is 46.9 Å². The van der Waals surface area contributed by atoms with Gasteiger partial charge in [0.15, 0.2) is 0 Å². The van der Waals surface area contributed by atoms with Gasteiger partial charge in [-0.2, -0.15) is 5.26 Å². The maximum Gasteiger partial charge on any atom is 0.134 e. The molecule has 3 rings (SSSR count). The van der Waals surface area contributed by atoms with Gasteiger partial charge in [-0.25, -0.2) is 4.99 Å². The van der Waals surface area contributed by atoms with Gasteiger partial charge in [0.2, 0.25) is 0 Å². The molecule has 2 aromatic rings. The second kappa shape index (κ2) is 6.20. The molecule has 0 fully saturated rings. The van der Waals surface area contributed by atoms with Crippen molar-refractivity contribution in [1.29, 1.82) is 5.26 Å². The summed E-state index contributed by atoms with van der Waals surface area (Å²) in [6.45, 7) is 0. The maximum atomic E-state index is 9.39. The Balaban J connectivity index is 1.97. The highest BCUT2D eigenvalue weighted by atomic mass is 32.1. The van der Waals surface area contributed by atoms with Crippen LogP contribution < -0.4 is 9.47 Å². The second-order valence-electron chi connectivity index (χ2n) is 5.02. The summed E-state index contributed by atoms with van der Waals surface area (Å²) in [4.78, 5) is 5.84. The van der Waals surface area contributed by atoms with Crippen molar-refractivity contribution in [1.82, 2.24) is 0 Å². The molecule has 0 amide bonds. The van der Waals surface area contributed by atoms with Crippen LogP contribution in [0.1, 0.15) is 28.0 Å². The maximum absolute atomic E-state index is 9.39. The average molecular weight is 312 g/mol. The van der Waals surface area contributed by atoms with Crippen LogP contribution in [-0.2, 0) is 12.8 Å². The number of hydrogen-bond donors (Lipinski definition) is 0. The van der Waals surface area contributed by atoms with E-state index in [1.54, 1.807) is 31.8 Å². The van der Waals surface area contributed by atoms with E-state index in [9.17, 15) is 5.26 Å². The molecule has 1 aromatic heterocycles. The van der Waals surface area contributed by atoms with Crippen molar-refractivity contribution in [2.45, 2.75) is 19.3 Å². The topological polar surface area (TPSA) is 54.6 Å². The first-order valence-corrected chi connectivity index (χ1v) is 7.89. The fourth-order valence-electron chi connectivity index (χ4n) is 2.66. The molecule has 112 valence electrons. The third-order valence-electron chi connectivity index (χ3n) is 3.77. The van der Waals surface area contributed by atoms with Crippen LogP contribution in [0.25, 0.3) is 0 Å². The summed E-state index contributed by atoms with van der Waals surface area (Å²) < 4.78 is 10.6. The van der Waals surface area contributed by atoms with E-state index in [1.807, 2.05) is 18.2 Å². The highest BCUT2D eigenvalue weighted by Gasteiger charge is 2.21. The highest BCUT2D eigenvalue weighted by Crippen LogP contribution is 2.40. The zero-order chi connectivity index (χ0) is 15.5. The van der Waals surface area contributed by atoms with Crippen LogP contribution >= 0.6 is 11.3 Å². The Bertz CT molecular complexity index is 772. The van der Waals surface area contributed by atoms with Crippen LogP contribution in [-0.4, -0.2) is 20.4 Å². The Hall–Kier alpha value is -2.32. The van der Waals surface area contributed by atoms with Gasteiger partial charge in [0.25, 0.3) is 0 Å². The molecule has 0 spiro atoms. The number of ether oxygens (including phenoxy) is 2. The first-order valence-electron chi connectivity index (χ1n) is 7.07. The number of aliphatic imine (C=N–C) groups is 1. The molecule has 0 saturated carbocycles. The molecule has 1 heterocycles. The number of thiophene rings is 1. The van der Waals surface area contributed by atoms with Crippen molar-refractivity contribution in [3.63, 3.8) is 0 Å². The first-order chi connectivity index (χ1) is 10.8. The van der Waals surface area contributed by atoms with Crippen LogP contribution in [0.3, 0.4) is 0 Å². The third-order valence-corrected chi connectivity index (χ3v) is 4.97. The zero-order valence-electron chi connectivity index (χ0n) is 12.5. The summed E-state index contributed by atoms with van der Waals surface area (Å²) >= 11 is 1.62. The van der Waals surface area contributed by atoms with Crippen LogP contribution in [0.4, 0.5) is 5.00 Å². The quantitative estimate of drug-likeness (QED) is 0.805. The third kappa shape index (κ3) is 2.58. The van der Waals surface area contributed by atoms with Gasteiger partial charge in [-0.3, -0.25) is 0 Å². The summed E-state index contributed by atoms with van der Waals surface area (Å²) in [5.41, 5.74) is 2.76. The molecule has 0 N–H and O–H groups in total. The van der Waals surface area contributed by atoms with Gasteiger partial charge in [0, 0.05) is 16.7 Å². The molecule has 1 aromatic carbocycles. The van der Waals surface area contributed by atoms with Crippen molar-refractivity contribution in [3.05, 3.63) is 39.8 Å². The van der Waals surface area contributed by atoms with E-state index in [2.05, 4.69) is 11.1 Å². The Morgan fingerprint density at radius 3 is 2.86 bits per heavy atom. The van der Waals surface area contributed by atoms with Crippen molar-refractivity contribution < 1.29 is 9.47 Å². The molecule has 0 radical (unpaired) electrons. The molecule has 1 aliphatic carbocycles. The smallest absolute Gasteiger partial charge is 0.134 e. The summed E-state index contributed by atoms with van der Waals surface area (Å²) in [6.07, 6.45) is 4.94. The van der Waals surface area contributed by atoms with Gasteiger partial charge >= 0.3 is 0 Å². The lowest BCUT2D eigenvalue weighted by molar-refractivity contribution is 0.402. The lowest BCUT2D eigenvalue weighted by atomic mass is 10.1. The van der Waals surface area contributed by atoms with E-state index in [0.29, 0.717) is 0 Å². The molecule has 4 nitrogen and oxygen atoms in total. The zero-order valence-corrected chi connectivity index (χ0v) is 13.4. The molecule has 1 aliphatic rings. The minimum Gasteiger partial charge on any atom is -0.497 e. The molecule has 0 saturated heterocycles. The van der Waals surface area contributed by atoms with Gasteiger partial charge in [0.1, 0.15) is 22.6 Å². The van der Waals surface area contributed by atoms with Gasteiger partial charge in [-0.05, 0) is 43.0 Å². The number of benzene rings is 1. The lowest BCUT2D eigenvalue weighted by Crippen LogP contribution is -1.92. The van der Waals surface area contributed by atoms with E-state index in [-0.39, 0.29) is 0 Å². The normalized spacial score (nSPS) is 13.1. The Morgan fingerprint density at radius 1 is 1.27 bits per heavy atom. The summed E-state index contributed by atoms with van der Waals surface area (Å²) in [6, 6.07) is 7.87. The van der Waals surface area contributed by atoms with Gasteiger partial charge in [0.05, 0.1) is 19.8 Å². The molecule has 5 heteroatoms. The molecule has 0 aliphatic heterocycles. The number of nitrogens with zero attached hydrogens (tertiary/aromatic N) is 2. The molecular weight excluding hydrogens is 296 g/mol. The minimum atomic E-state index is 0.729. The fourth-order valence-corrected chi connectivity index (χ4v) is 3.85. The summed E-state index contributed by atoms with van der Waals surface area (Å²) in [5.74, 6) is 1.48. The Morgan fingerprint density at radius 2 is 2.14 bits per heavy atom. The van der Waals surface area contributed by atoms with E-state index in [1.165, 1.54) is 10.4 Å². The van der Waals surface area contributed by atoms with Crippen molar-refractivity contribution >= 4 is 22.6 Å². The van der Waals surface area contributed by atoms with Gasteiger partial charge in [-0.1, -0.05) is 0 Å². The molecule has 22 heavy (non-hydrogen) atoms. The largest absolute Gasteiger partial charge is 0.497 e. The van der Waals surface area contributed by atoms with Gasteiger partial charge in [-0.15, -0.1) is 11.3 Å².